The number of aliphatic hydroxyl groups excluding tert-OH is 1. The van der Waals surface area contributed by atoms with Crippen LogP contribution < -0.4 is 19.5 Å². The molecule has 0 saturated heterocycles. The molecule has 0 fully saturated rings. The summed E-state index contributed by atoms with van der Waals surface area (Å²) in [5.74, 6) is 1.63. The third-order valence-electron chi connectivity index (χ3n) is 2.70. The Bertz CT molecular complexity index is 434. The molecule has 0 unspecified atom stereocenters. The van der Waals surface area contributed by atoms with E-state index in [0.717, 1.165) is 0 Å². The molecule has 21 heavy (non-hydrogen) atoms. The molecule has 1 aromatic rings. The summed E-state index contributed by atoms with van der Waals surface area (Å²) in [6.45, 7) is 8.66. The molecule has 5 nitrogen and oxygen atoms in total. The molecule has 0 heterocycles. The first kappa shape index (κ1) is 17.3. The summed E-state index contributed by atoms with van der Waals surface area (Å²) in [6, 6.07) is 5.72. The highest BCUT2D eigenvalue weighted by molar-refractivity contribution is 5.51. The smallest absolute Gasteiger partial charge is 0.203 e. The van der Waals surface area contributed by atoms with Crippen molar-refractivity contribution in [3.63, 3.8) is 0 Å². The van der Waals surface area contributed by atoms with Gasteiger partial charge in [-0.15, -0.1) is 0 Å². The van der Waals surface area contributed by atoms with Gasteiger partial charge in [0, 0.05) is 12.6 Å². The van der Waals surface area contributed by atoms with Gasteiger partial charge < -0.3 is 24.6 Å². The molecule has 1 rings (SSSR count). The van der Waals surface area contributed by atoms with Gasteiger partial charge in [0.2, 0.25) is 5.75 Å². The number of ether oxygens (including phenoxy) is 3. The predicted octanol–water partition coefficient (Wildman–Crippen LogP) is 2.00. The maximum absolute atomic E-state index is 9.90. The quantitative estimate of drug-likeness (QED) is 0.647. The Morgan fingerprint density at radius 3 is 2.62 bits per heavy atom. The lowest BCUT2D eigenvalue weighted by Crippen LogP contribution is -2.35. The van der Waals surface area contributed by atoms with E-state index >= 15 is 0 Å². The van der Waals surface area contributed by atoms with Crippen LogP contribution in [0.25, 0.3) is 0 Å². The molecule has 0 aliphatic carbocycles. The summed E-state index contributed by atoms with van der Waals surface area (Å²) in [5, 5.41) is 13.1. The molecule has 118 valence electrons. The van der Waals surface area contributed by atoms with Crippen LogP contribution >= 0.6 is 0 Å². The average Bonchev–Trinajstić information content (AvgIpc) is 2.48. The van der Waals surface area contributed by atoms with Gasteiger partial charge in [-0.25, -0.2) is 0 Å². The van der Waals surface area contributed by atoms with Crippen LogP contribution in [0, 0.1) is 0 Å². The molecule has 0 bridgehead atoms. The lowest BCUT2D eigenvalue weighted by Gasteiger charge is -2.18. The molecule has 0 radical (unpaired) electrons. The molecule has 1 aromatic carbocycles. The molecular formula is C16H25NO4. The third kappa shape index (κ3) is 6.06. The van der Waals surface area contributed by atoms with Crippen molar-refractivity contribution in [3.8, 4) is 17.2 Å². The Kier molecular flexibility index (Phi) is 7.64. The predicted molar refractivity (Wildman–Crippen MR) is 83.3 cm³/mol. The van der Waals surface area contributed by atoms with Gasteiger partial charge in [-0.1, -0.05) is 32.6 Å². The topological polar surface area (TPSA) is 60.0 Å². The Labute approximate surface area is 126 Å². The van der Waals surface area contributed by atoms with Crippen molar-refractivity contribution >= 4 is 0 Å². The van der Waals surface area contributed by atoms with E-state index in [0.29, 0.717) is 36.4 Å². The van der Waals surface area contributed by atoms with Crippen LogP contribution in [0.5, 0.6) is 17.2 Å². The SMILES string of the molecule is C=CCOc1cccc(OC)c1OC[C@@H](O)CNC(C)C. The Morgan fingerprint density at radius 2 is 2.00 bits per heavy atom. The van der Waals surface area contributed by atoms with Crippen molar-refractivity contribution in [1.82, 2.24) is 5.32 Å². The van der Waals surface area contributed by atoms with Crippen molar-refractivity contribution in [2.45, 2.75) is 26.0 Å². The zero-order valence-electron chi connectivity index (χ0n) is 13.0. The first-order chi connectivity index (χ1) is 10.1. The molecule has 0 aliphatic heterocycles. The number of nitrogens with one attached hydrogen (secondary N) is 1. The van der Waals surface area contributed by atoms with Crippen LogP contribution in [0.15, 0.2) is 30.9 Å². The standard InChI is InChI=1S/C16H25NO4/c1-5-9-20-15-8-6-7-14(19-4)16(15)21-11-13(18)10-17-12(2)3/h5-8,12-13,17-18H,1,9-11H2,2-4H3/t13-/m0/s1. The van der Waals surface area contributed by atoms with Crippen LogP contribution in [0.3, 0.4) is 0 Å². The lowest BCUT2D eigenvalue weighted by atomic mass is 10.3. The molecule has 0 aliphatic rings. The van der Waals surface area contributed by atoms with E-state index in [1.807, 2.05) is 19.9 Å². The lowest BCUT2D eigenvalue weighted by molar-refractivity contribution is 0.101. The van der Waals surface area contributed by atoms with Crippen molar-refractivity contribution in [1.29, 1.82) is 0 Å². The zero-order chi connectivity index (χ0) is 15.7. The number of benzene rings is 1. The molecule has 0 saturated carbocycles. The van der Waals surface area contributed by atoms with Crippen molar-refractivity contribution in [2.24, 2.45) is 0 Å². The van der Waals surface area contributed by atoms with E-state index in [4.69, 9.17) is 14.2 Å². The number of hydrogen-bond donors (Lipinski definition) is 2. The van der Waals surface area contributed by atoms with Gasteiger partial charge in [-0.05, 0) is 12.1 Å². The summed E-state index contributed by atoms with van der Waals surface area (Å²) in [4.78, 5) is 0. The van der Waals surface area contributed by atoms with Crippen LogP contribution in [0.1, 0.15) is 13.8 Å². The normalized spacial score (nSPS) is 12.0. The monoisotopic (exact) mass is 295 g/mol. The van der Waals surface area contributed by atoms with E-state index in [1.54, 1.807) is 25.3 Å². The fourth-order valence-corrected chi connectivity index (χ4v) is 1.67. The highest BCUT2D eigenvalue weighted by atomic mass is 16.5. The second-order valence-electron chi connectivity index (χ2n) is 4.91. The van der Waals surface area contributed by atoms with Crippen LogP contribution in [0.2, 0.25) is 0 Å². The molecule has 0 spiro atoms. The summed E-state index contributed by atoms with van der Waals surface area (Å²) in [6.07, 6.45) is 1.05. The summed E-state index contributed by atoms with van der Waals surface area (Å²) >= 11 is 0. The average molecular weight is 295 g/mol. The van der Waals surface area contributed by atoms with Crippen LogP contribution in [-0.2, 0) is 0 Å². The third-order valence-corrected chi connectivity index (χ3v) is 2.70. The van der Waals surface area contributed by atoms with E-state index in [9.17, 15) is 5.11 Å². The number of methoxy groups -OCH3 is 1. The van der Waals surface area contributed by atoms with E-state index < -0.39 is 6.10 Å². The van der Waals surface area contributed by atoms with Gasteiger partial charge in [0.25, 0.3) is 0 Å². The maximum atomic E-state index is 9.90. The summed E-state index contributed by atoms with van der Waals surface area (Å²) < 4.78 is 16.5. The number of rotatable bonds is 10. The Morgan fingerprint density at radius 1 is 1.29 bits per heavy atom. The summed E-state index contributed by atoms with van der Waals surface area (Å²) in [7, 11) is 1.57. The second kappa shape index (κ2) is 9.26. The van der Waals surface area contributed by atoms with Crippen molar-refractivity contribution in [3.05, 3.63) is 30.9 Å². The van der Waals surface area contributed by atoms with Gasteiger partial charge in [-0.3, -0.25) is 0 Å². The van der Waals surface area contributed by atoms with Crippen molar-refractivity contribution in [2.75, 3.05) is 26.9 Å². The minimum absolute atomic E-state index is 0.157. The Hall–Kier alpha value is -1.72. The minimum Gasteiger partial charge on any atom is -0.493 e. The largest absolute Gasteiger partial charge is 0.493 e. The second-order valence-corrected chi connectivity index (χ2v) is 4.91. The van der Waals surface area contributed by atoms with Gasteiger partial charge in [0.15, 0.2) is 11.5 Å². The van der Waals surface area contributed by atoms with Crippen LogP contribution in [0.4, 0.5) is 0 Å². The van der Waals surface area contributed by atoms with Gasteiger partial charge in [-0.2, -0.15) is 0 Å². The van der Waals surface area contributed by atoms with Gasteiger partial charge in [0.1, 0.15) is 19.3 Å². The molecule has 5 heteroatoms. The molecule has 0 amide bonds. The Balaban J connectivity index is 2.68. The summed E-state index contributed by atoms with van der Waals surface area (Å²) in [5.41, 5.74) is 0. The van der Waals surface area contributed by atoms with Gasteiger partial charge in [0.05, 0.1) is 7.11 Å². The first-order valence-electron chi connectivity index (χ1n) is 7.03. The van der Waals surface area contributed by atoms with E-state index in [2.05, 4.69) is 11.9 Å². The molecule has 0 aromatic heterocycles. The van der Waals surface area contributed by atoms with E-state index in [-0.39, 0.29) is 6.61 Å². The van der Waals surface area contributed by atoms with E-state index in [1.165, 1.54) is 0 Å². The fourth-order valence-electron chi connectivity index (χ4n) is 1.67. The maximum Gasteiger partial charge on any atom is 0.203 e. The van der Waals surface area contributed by atoms with Crippen LogP contribution in [-0.4, -0.2) is 44.1 Å². The molecule has 1 atom stereocenters. The highest BCUT2D eigenvalue weighted by Gasteiger charge is 2.14. The fraction of sp³-hybridized carbons (Fsp3) is 0.500. The number of aliphatic hydroxyl groups is 1. The number of para-hydroxylation sites is 1. The minimum atomic E-state index is -0.607. The zero-order valence-corrected chi connectivity index (χ0v) is 13.0. The number of hydrogen-bond acceptors (Lipinski definition) is 5. The highest BCUT2D eigenvalue weighted by Crippen LogP contribution is 2.37. The molecule has 2 N–H and O–H groups in total. The molecular weight excluding hydrogens is 270 g/mol. The van der Waals surface area contributed by atoms with Crippen molar-refractivity contribution < 1.29 is 19.3 Å². The first-order valence-corrected chi connectivity index (χ1v) is 7.03. The van der Waals surface area contributed by atoms with Gasteiger partial charge >= 0.3 is 0 Å².